The molecule has 0 heterocycles. The Morgan fingerprint density at radius 1 is 1.22 bits per heavy atom. The van der Waals surface area contributed by atoms with E-state index in [-0.39, 0.29) is 11.5 Å². The Labute approximate surface area is 110 Å². The molecule has 0 aliphatic heterocycles. The summed E-state index contributed by atoms with van der Waals surface area (Å²) in [6.07, 6.45) is 7.66. The van der Waals surface area contributed by atoms with Crippen LogP contribution >= 0.6 is 0 Å². The summed E-state index contributed by atoms with van der Waals surface area (Å²) in [5, 5.41) is 0. The summed E-state index contributed by atoms with van der Waals surface area (Å²) in [6.45, 7) is 13.8. The molecule has 96 valence electrons. The summed E-state index contributed by atoms with van der Waals surface area (Å²) in [6, 6.07) is 7.99. The zero-order valence-corrected chi connectivity index (χ0v) is 11.5. The molecule has 0 N–H and O–H groups in total. The van der Waals surface area contributed by atoms with E-state index in [1.54, 1.807) is 6.08 Å². The second-order valence-corrected chi connectivity index (χ2v) is 4.92. The van der Waals surface area contributed by atoms with Gasteiger partial charge >= 0.3 is 0 Å². The molecule has 0 radical (unpaired) electrons. The lowest BCUT2D eigenvalue weighted by atomic mass is 9.88. The van der Waals surface area contributed by atoms with Gasteiger partial charge in [-0.05, 0) is 13.0 Å². The summed E-state index contributed by atoms with van der Waals surface area (Å²) in [4.78, 5) is 0. The first-order chi connectivity index (χ1) is 8.51. The lowest BCUT2D eigenvalue weighted by Gasteiger charge is -2.29. The van der Waals surface area contributed by atoms with Crippen molar-refractivity contribution in [2.24, 2.45) is 5.41 Å². The highest BCUT2D eigenvalue weighted by atomic mass is 16.5. The molecule has 1 heteroatoms. The quantitative estimate of drug-likeness (QED) is 0.511. The van der Waals surface area contributed by atoms with E-state index < -0.39 is 0 Å². The molecule has 1 aromatic carbocycles. The van der Waals surface area contributed by atoms with Gasteiger partial charge in [0.15, 0.2) is 0 Å². The summed E-state index contributed by atoms with van der Waals surface area (Å²) >= 11 is 0. The SMILES string of the molecule is C=C/C=C/c1ccccc1O[C@H](C)C(C)(C)C=C. The highest BCUT2D eigenvalue weighted by Crippen LogP contribution is 2.28. The maximum Gasteiger partial charge on any atom is 0.126 e. The van der Waals surface area contributed by atoms with Gasteiger partial charge in [0.1, 0.15) is 11.9 Å². The summed E-state index contributed by atoms with van der Waals surface area (Å²) in [7, 11) is 0. The Morgan fingerprint density at radius 3 is 2.50 bits per heavy atom. The van der Waals surface area contributed by atoms with E-state index in [1.165, 1.54) is 0 Å². The van der Waals surface area contributed by atoms with Crippen LogP contribution in [-0.2, 0) is 0 Å². The number of allylic oxidation sites excluding steroid dienone is 2. The molecule has 18 heavy (non-hydrogen) atoms. The van der Waals surface area contributed by atoms with E-state index in [0.29, 0.717) is 0 Å². The molecule has 0 spiro atoms. The van der Waals surface area contributed by atoms with Gasteiger partial charge in [0.2, 0.25) is 0 Å². The van der Waals surface area contributed by atoms with Crippen molar-refractivity contribution in [1.82, 2.24) is 0 Å². The fraction of sp³-hybridized carbons (Fsp3) is 0.294. The first-order valence-electron chi connectivity index (χ1n) is 6.19. The second-order valence-electron chi connectivity index (χ2n) is 4.92. The number of ether oxygens (including phenoxy) is 1. The van der Waals surface area contributed by atoms with Crippen LogP contribution in [0, 0.1) is 5.41 Å². The van der Waals surface area contributed by atoms with Crippen molar-refractivity contribution in [3.05, 3.63) is 61.2 Å². The predicted octanol–water partition coefficient (Wildman–Crippen LogP) is 4.87. The van der Waals surface area contributed by atoms with Gasteiger partial charge < -0.3 is 4.74 Å². The zero-order chi connectivity index (χ0) is 13.6. The Bertz CT molecular complexity index is 441. The van der Waals surface area contributed by atoms with Gasteiger partial charge in [-0.3, -0.25) is 0 Å². The first kappa shape index (κ1) is 14.3. The third kappa shape index (κ3) is 3.63. The van der Waals surface area contributed by atoms with Crippen LogP contribution in [0.25, 0.3) is 6.08 Å². The summed E-state index contributed by atoms with van der Waals surface area (Å²) < 4.78 is 6.04. The molecular weight excluding hydrogens is 220 g/mol. The fourth-order valence-electron chi connectivity index (χ4n) is 1.41. The molecule has 0 amide bonds. The van der Waals surface area contributed by atoms with Crippen LogP contribution < -0.4 is 4.74 Å². The van der Waals surface area contributed by atoms with Gasteiger partial charge in [-0.2, -0.15) is 0 Å². The van der Waals surface area contributed by atoms with Gasteiger partial charge in [-0.15, -0.1) is 6.58 Å². The lowest BCUT2D eigenvalue weighted by molar-refractivity contribution is 0.124. The minimum atomic E-state index is -0.0603. The van der Waals surface area contributed by atoms with E-state index in [4.69, 9.17) is 4.74 Å². The maximum absolute atomic E-state index is 6.04. The summed E-state index contributed by atoms with van der Waals surface area (Å²) in [5.41, 5.74) is 0.999. The highest BCUT2D eigenvalue weighted by molar-refractivity contribution is 5.58. The smallest absolute Gasteiger partial charge is 0.126 e. The number of rotatable bonds is 6. The number of benzene rings is 1. The van der Waals surface area contributed by atoms with Crippen molar-refractivity contribution in [2.75, 3.05) is 0 Å². The molecule has 0 saturated heterocycles. The number of hydrogen-bond donors (Lipinski definition) is 0. The molecule has 1 nitrogen and oxygen atoms in total. The van der Waals surface area contributed by atoms with Gasteiger partial charge in [0, 0.05) is 11.0 Å². The standard InChI is InChI=1S/C17H22O/c1-6-8-11-15-12-9-10-13-16(15)18-14(3)17(4,5)7-2/h6-14H,1-2H2,3-5H3/b11-8+/t14-/m1/s1. The molecule has 0 saturated carbocycles. The molecule has 0 unspecified atom stereocenters. The molecule has 0 fully saturated rings. The fourth-order valence-corrected chi connectivity index (χ4v) is 1.41. The predicted molar refractivity (Wildman–Crippen MR) is 79.7 cm³/mol. The van der Waals surface area contributed by atoms with Crippen molar-refractivity contribution >= 4 is 6.08 Å². The van der Waals surface area contributed by atoms with Gasteiger partial charge in [0.25, 0.3) is 0 Å². The number of hydrogen-bond acceptors (Lipinski definition) is 1. The molecule has 0 aliphatic rings. The third-order valence-corrected chi connectivity index (χ3v) is 3.21. The monoisotopic (exact) mass is 242 g/mol. The average Bonchev–Trinajstić information content (AvgIpc) is 2.37. The van der Waals surface area contributed by atoms with E-state index in [9.17, 15) is 0 Å². The zero-order valence-electron chi connectivity index (χ0n) is 11.5. The molecule has 0 aromatic heterocycles. The van der Waals surface area contributed by atoms with Crippen molar-refractivity contribution in [3.63, 3.8) is 0 Å². The Morgan fingerprint density at radius 2 is 1.89 bits per heavy atom. The van der Waals surface area contributed by atoms with Gasteiger partial charge in [-0.25, -0.2) is 0 Å². The molecule has 0 bridgehead atoms. The van der Waals surface area contributed by atoms with E-state index in [2.05, 4.69) is 33.9 Å². The normalized spacial score (nSPS) is 13.3. The van der Waals surface area contributed by atoms with Crippen molar-refractivity contribution in [1.29, 1.82) is 0 Å². The Hall–Kier alpha value is -1.76. The first-order valence-corrected chi connectivity index (χ1v) is 6.19. The summed E-state index contributed by atoms with van der Waals surface area (Å²) in [5.74, 6) is 0.887. The average molecular weight is 242 g/mol. The van der Waals surface area contributed by atoms with E-state index in [1.807, 2.05) is 42.5 Å². The van der Waals surface area contributed by atoms with Crippen LogP contribution in [0.1, 0.15) is 26.3 Å². The maximum atomic E-state index is 6.04. The highest BCUT2D eigenvalue weighted by Gasteiger charge is 2.24. The van der Waals surface area contributed by atoms with Crippen LogP contribution in [0.3, 0.4) is 0 Å². The van der Waals surface area contributed by atoms with Crippen LogP contribution in [-0.4, -0.2) is 6.10 Å². The Kier molecular flexibility index (Phi) is 4.96. The van der Waals surface area contributed by atoms with Crippen LogP contribution in [0.5, 0.6) is 5.75 Å². The van der Waals surface area contributed by atoms with Crippen LogP contribution in [0.4, 0.5) is 0 Å². The van der Waals surface area contributed by atoms with Gasteiger partial charge in [0.05, 0.1) is 0 Å². The molecule has 1 aromatic rings. The van der Waals surface area contributed by atoms with Crippen LogP contribution in [0.2, 0.25) is 0 Å². The van der Waals surface area contributed by atoms with E-state index in [0.717, 1.165) is 11.3 Å². The van der Waals surface area contributed by atoms with Crippen LogP contribution in [0.15, 0.2) is 55.7 Å². The van der Waals surface area contributed by atoms with Crippen molar-refractivity contribution in [3.8, 4) is 5.75 Å². The van der Waals surface area contributed by atoms with Crippen molar-refractivity contribution in [2.45, 2.75) is 26.9 Å². The molecule has 0 aliphatic carbocycles. The lowest BCUT2D eigenvalue weighted by Crippen LogP contribution is -2.29. The molecule has 1 rings (SSSR count). The van der Waals surface area contributed by atoms with Gasteiger partial charge in [-0.1, -0.05) is 62.9 Å². The van der Waals surface area contributed by atoms with E-state index >= 15 is 0 Å². The largest absolute Gasteiger partial charge is 0.489 e. The third-order valence-electron chi connectivity index (χ3n) is 3.21. The molecular formula is C17H22O. The second kappa shape index (κ2) is 6.25. The topological polar surface area (TPSA) is 9.23 Å². The number of para-hydroxylation sites is 1. The Balaban J connectivity index is 2.94. The minimum absolute atomic E-state index is 0.0603. The minimum Gasteiger partial charge on any atom is -0.489 e. The van der Waals surface area contributed by atoms with Crippen molar-refractivity contribution < 1.29 is 4.74 Å². The molecule has 1 atom stereocenters.